The Morgan fingerprint density at radius 3 is 1.40 bits per heavy atom. The standard InChI is InChI=1S/C44H87NO5/c1-6-9-12-15-17-18-19-24-32-39-49-42(47)35-29-25-31-38-45(44(4,5)40-46)37-30-23-20-22-28-36-43(48)50-41(33-26-14-11-8-3)34-27-21-16-13-10-7-2/h41,46H,6-40H2,1-5H3. The minimum Gasteiger partial charge on any atom is -0.466 e. The summed E-state index contributed by atoms with van der Waals surface area (Å²) in [5.41, 5.74) is -0.249. The first-order chi connectivity index (χ1) is 24.3. The molecule has 0 spiro atoms. The molecule has 0 aliphatic carbocycles. The first kappa shape index (κ1) is 48.9. The molecule has 0 aliphatic rings. The molecule has 0 aromatic heterocycles. The maximum absolute atomic E-state index is 12.7. The van der Waals surface area contributed by atoms with E-state index in [2.05, 4.69) is 39.5 Å². The molecule has 6 nitrogen and oxygen atoms in total. The van der Waals surface area contributed by atoms with Gasteiger partial charge in [0.15, 0.2) is 0 Å². The van der Waals surface area contributed by atoms with Gasteiger partial charge in [-0.1, -0.05) is 149 Å². The molecular weight excluding hydrogens is 622 g/mol. The number of aliphatic hydroxyl groups excluding tert-OH is 1. The van der Waals surface area contributed by atoms with Crippen molar-refractivity contribution in [1.29, 1.82) is 0 Å². The second-order valence-electron chi connectivity index (χ2n) is 15.9. The van der Waals surface area contributed by atoms with Crippen LogP contribution in [0.15, 0.2) is 0 Å². The Kier molecular flexibility index (Phi) is 35.4. The van der Waals surface area contributed by atoms with Gasteiger partial charge in [0.2, 0.25) is 0 Å². The Balaban J connectivity index is 4.12. The van der Waals surface area contributed by atoms with Crippen LogP contribution in [0.1, 0.15) is 234 Å². The third-order valence-corrected chi connectivity index (χ3v) is 10.4. The van der Waals surface area contributed by atoms with E-state index in [4.69, 9.17) is 9.47 Å². The van der Waals surface area contributed by atoms with Gasteiger partial charge in [0.25, 0.3) is 0 Å². The van der Waals surface area contributed by atoms with Crippen molar-refractivity contribution in [3.05, 3.63) is 0 Å². The van der Waals surface area contributed by atoms with Crippen LogP contribution in [0, 0.1) is 0 Å². The van der Waals surface area contributed by atoms with E-state index in [1.165, 1.54) is 109 Å². The number of unbranched alkanes of at least 4 members (excludes halogenated alkanes) is 22. The van der Waals surface area contributed by atoms with Crippen molar-refractivity contribution in [2.45, 2.75) is 245 Å². The Morgan fingerprint density at radius 2 is 0.900 bits per heavy atom. The van der Waals surface area contributed by atoms with E-state index in [0.717, 1.165) is 90.1 Å². The Labute approximate surface area is 312 Å². The molecule has 0 heterocycles. The van der Waals surface area contributed by atoms with Crippen molar-refractivity contribution in [3.63, 3.8) is 0 Å². The molecule has 0 rings (SSSR count). The van der Waals surface area contributed by atoms with E-state index in [1.807, 2.05) is 0 Å². The van der Waals surface area contributed by atoms with Crippen LogP contribution in [0.25, 0.3) is 0 Å². The average Bonchev–Trinajstić information content (AvgIpc) is 3.10. The van der Waals surface area contributed by atoms with Crippen LogP contribution in [0.5, 0.6) is 0 Å². The van der Waals surface area contributed by atoms with Crippen LogP contribution in [0.3, 0.4) is 0 Å². The molecular formula is C44H87NO5. The maximum atomic E-state index is 12.7. The lowest BCUT2D eigenvalue weighted by Gasteiger charge is -2.37. The molecule has 6 heteroatoms. The SMILES string of the molecule is CCCCCCCCCCCOC(=O)CCCCCN(CCCCCCCC(=O)OC(CCCCCC)CCCCCCCC)C(C)(C)CO. The molecule has 50 heavy (non-hydrogen) atoms. The minimum atomic E-state index is -0.249. The number of carbonyl (C=O) groups excluding carboxylic acids is 2. The quantitative estimate of drug-likeness (QED) is 0.0506. The number of nitrogens with zero attached hydrogens (tertiary/aromatic N) is 1. The monoisotopic (exact) mass is 710 g/mol. The number of rotatable bonds is 39. The van der Waals surface area contributed by atoms with E-state index < -0.39 is 0 Å². The largest absolute Gasteiger partial charge is 0.466 e. The van der Waals surface area contributed by atoms with Gasteiger partial charge in [-0.15, -0.1) is 0 Å². The van der Waals surface area contributed by atoms with E-state index in [9.17, 15) is 14.7 Å². The molecule has 0 aromatic carbocycles. The number of carbonyl (C=O) groups is 2. The molecule has 0 aromatic rings. The smallest absolute Gasteiger partial charge is 0.306 e. The summed E-state index contributed by atoms with van der Waals surface area (Å²) >= 11 is 0. The van der Waals surface area contributed by atoms with E-state index in [0.29, 0.717) is 19.4 Å². The number of ether oxygens (including phenoxy) is 2. The summed E-state index contributed by atoms with van der Waals surface area (Å²) in [5, 5.41) is 10.0. The van der Waals surface area contributed by atoms with Crippen molar-refractivity contribution < 1.29 is 24.2 Å². The first-order valence-electron chi connectivity index (χ1n) is 22.0. The van der Waals surface area contributed by atoms with Gasteiger partial charge in [-0.3, -0.25) is 14.5 Å². The van der Waals surface area contributed by atoms with Crippen LogP contribution in [-0.4, -0.2) is 59.9 Å². The summed E-state index contributed by atoms with van der Waals surface area (Å²) in [6, 6.07) is 0. The fraction of sp³-hybridized carbons (Fsp3) is 0.955. The summed E-state index contributed by atoms with van der Waals surface area (Å²) in [6.45, 7) is 13.6. The third kappa shape index (κ3) is 31.6. The van der Waals surface area contributed by atoms with E-state index in [-0.39, 0.29) is 30.2 Å². The summed E-state index contributed by atoms with van der Waals surface area (Å²) in [5.74, 6) is -0.0554. The van der Waals surface area contributed by atoms with E-state index in [1.54, 1.807) is 0 Å². The molecule has 1 unspecified atom stereocenters. The highest BCUT2D eigenvalue weighted by molar-refractivity contribution is 5.69. The molecule has 0 fully saturated rings. The number of esters is 2. The predicted octanol–water partition coefficient (Wildman–Crippen LogP) is 12.7. The number of hydrogen-bond donors (Lipinski definition) is 1. The molecule has 0 amide bonds. The highest BCUT2D eigenvalue weighted by atomic mass is 16.5. The summed E-state index contributed by atoms with van der Waals surface area (Å²) in [6.07, 6.45) is 35.4. The van der Waals surface area contributed by atoms with Gasteiger partial charge < -0.3 is 14.6 Å². The maximum Gasteiger partial charge on any atom is 0.306 e. The zero-order valence-electron chi connectivity index (χ0n) is 34.4. The molecule has 0 aliphatic heterocycles. The Bertz CT molecular complexity index is 742. The van der Waals surface area contributed by atoms with Gasteiger partial charge >= 0.3 is 11.9 Å². The number of aliphatic hydroxyl groups is 1. The number of hydrogen-bond acceptors (Lipinski definition) is 6. The normalized spacial score (nSPS) is 12.5. The molecule has 1 N–H and O–H groups in total. The van der Waals surface area contributed by atoms with Crippen molar-refractivity contribution in [3.8, 4) is 0 Å². The van der Waals surface area contributed by atoms with Crippen LogP contribution in [-0.2, 0) is 19.1 Å². The molecule has 0 saturated carbocycles. The molecule has 0 radical (unpaired) electrons. The Hall–Kier alpha value is -1.14. The first-order valence-corrected chi connectivity index (χ1v) is 22.0. The van der Waals surface area contributed by atoms with Gasteiger partial charge in [0.05, 0.1) is 13.2 Å². The lowest BCUT2D eigenvalue weighted by molar-refractivity contribution is -0.150. The van der Waals surface area contributed by atoms with Crippen LogP contribution >= 0.6 is 0 Å². The predicted molar refractivity (Wildman–Crippen MR) is 214 cm³/mol. The topological polar surface area (TPSA) is 76.1 Å². The van der Waals surface area contributed by atoms with Gasteiger partial charge in [-0.2, -0.15) is 0 Å². The fourth-order valence-corrected chi connectivity index (χ4v) is 6.80. The molecule has 298 valence electrons. The lowest BCUT2D eigenvalue weighted by Crippen LogP contribution is -2.47. The zero-order chi connectivity index (χ0) is 37.0. The lowest BCUT2D eigenvalue weighted by atomic mass is 10.0. The van der Waals surface area contributed by atoms with Crippen molar-refractivity contribution in [1.82, 2.24) is 4.90 Å². The van der Waals surface area contributed by atoms with Crippen molar-refractivity contribution in [2.75, 3.05) is 26.3 Å². The van der Waals surface area contributed by atoms with Crippen LogP contribution in [0.2, 0.25) is 0 Å². The molecule has 1 atom stereocenters. The summed E-state index contributed by atoms with van der Waals surface area (Å²) < 4.78 is 11.5. The molecule has 0 saturated heterocycles. The highest BCUT2D eigenvalue weighted by Crippen LogP contribution is 2.20. The van der Waals surface area contributed by atoms with Crippen LogP contribution < -0.4 is 0 Å². The van der Waals surface area contributed by atoms with Gasteiger partial charge in [0, 0.05) is 18.4 Å². The third-order valence-electron chi connectivity index (χ3n) is 10.4. The van der Waals surface area contributed by atoms with Gasteiger partial charge in [-0.25, -0.2) is 0 Å². The molecule has 0 bridgehead atoms. The van der Waals surface area contributed by atoms with Gasteiger partial charge in [-0.05, 0) is 84.7 Å². The average molecular weight is 710 g/mol. The zero-order valence-corrected chi connectivity index (χ0v) is 34.4. The minimum absolute atomic E-state index is 0.000546. The van der Waals surface area contributed by atoms with Crippen molar-refractivity contribution in [2.24, 2.45) is 0 Å². The second-order valence-corrected chi connectivity index (χ2v) is 15.9. The summed E-state index contributed by atoms with van der Waals surface area (Å²) in [7, 11) is 0. The highest BCUT2D eigenvalue weighted by Gasteiger charge is 2.25. The Morgan fingerprint density at radius 1 is 0.520 bits per heavy atom. The van der Waals surface area contributed by atoms with Gasteiger partial charge in [0.1, 0.15) is 6.10 Å². The second kappa shape index (κ2) is 36.2. The van der Waals surface area contributed by atoms with E-state index >= 15 is 0 Å². The fourth-order valence-electron chi connectivity index (χ4n) is 6.80. The summed E-state index contributed by atoms with van der Waals surface area (Å²) in [4.78, 5) is 27.2. The van der Waals surface area contributed by atoms with Crippen molar-refractivity contribution >= 4 is 11.9 Å². The van der Waals surface area contributed by atoms with Crippen LogP contribution in [0.4, 0.5) is 0 Å².